The Labute approximate surface area is 208 Å². The van der Waals surface area contributed by atoms with Crippen LogP contribution in [0.1, 0.15) is 47.8 Å². The molecule has 0 saturated heterocycles. The van der Waals surface area contributed by atoms with Gasteiger partial charge in [-0.15, -0.1) is 0 Å². The number of hydrogen-bond donors (Lipinski definition) is 3. The van der Waals surface area contributed by atoms with E-state index in [9.17, 15) is 24.6 Å². The molecule has 0 fully saturated rings. The number of nitrogens with one attached hydrogen (secondary N) is 1. The van der Waals surface area contributed by atoms with Gasteiger partial charge in [0.1, 0.15) is 34.0 Å². The molecule has 0 spiro atoms. The average molecular weight is 494 g/mol. The molecule has 1 heterocycles. The zero-order valence-electron chi connectivity index (χ0n) is 20.9. The van der Waals surface area contributed by atoms with Crippen molar-refractivity contribution in [1.29, 1.82) is 0 Å². The molecule has 9 heteroatoms. The minimum absolute atomic E-state index is 0.0127. The van der Waals surface area contributed by atoms with E-state index in [0.717, 1.165) is 5.56 Å². The van der Waals surface area contributed by atoms with Gasteiger partial charge in [0.2, 0.25) is 0 Å². The predicted molar refractivity (Wildman–Crippen MR) is 130 cm³/mol. The number of aromatic hydroxyl groups is 2. The van der Waals surface area contributed by atoms with Crippen LogP contribution in [0.25, 0.3) is 0 Å². The topological polar surface area (TPSA) is 131 Å². The monoisotopic (exact) mass is 493 g/mol. The molecule has 2 aromatic carbocycles. The van der Waals surface area contributed by atoms with Gasteiger partial charge in [0.25, 0.3) is 0 Å². The van der Waals surface area contributed by atoms with Crippen LogP contribution in [0.2, 0.25) is 0 Å². The van der Waals surface area contributed by atoms with E-state index < -0.39 is 28.5 Å². The largest absolute Gasteiger partial charge is 0.507 e. The number of Topliss-reactive ketones (excluding diaryl/α,β-unsaturated/α-hetero) is 2. The highest BCUT2D eigenvalue weighted by atomic mass is 16.5. The lowest BCUT2D eigenvalue weighted by Gasteiger charge is -2.29. The van der Waals surface area contributed by atoms with Crippen molar-refractivity contribution < 1.29 is 38.8 Å². The van der Waals surface area contributed by atoms with Gasteiger partial charge in [0.15, 0.2) is 28.8 Å². The fourth-order valence-electron chi connectivity index (χ4n) is 4.77. The molecule has 9 nitrogen and oxygen atoms in total. The number of ketones is 3. The third-order valence-electron chi connectivity index (χ3n) is 6.79. The molecule has 0 saturated carbocycles. The van der Waals surface area contributed by atoms with Crippen LogP contribution in [0, 0.1) is 6.92 Å². The van der Waals surface area contributed by atoms with Gasteiger partial charge in [-0.05, 0) is 33.8 Å². The molecule has 4 rings (SSSR count). The summed E-state index contributed by atoms with van der Waals surface area (Å²) in [5, 5.41) is 24.5. The van der Waals surface area contributed by atoms with Crippen LogP contribution < -0.4 is 19.5 Å². The van der Waals surface area contributed by atoms with Crippen LogP contribution in [-0.2, 0) is 21.5 Å². The number of carbonyl (C=O) groups is 3. The summed E-state index contributed by atoms with van der Waals surface area (Å²) in [7, 11) is 3.05. The summed E-state index contributed by atoms with van der Waals surface area (Å²) in [6.45, 7) is 6.06. The van der Waals surface area contributed by atoms with Gasteiger partial charge < -0.3 is 29.7 Å². The summed E-state index contributed by atoms with van der Waals surface area (Å²) < 4.78 is 16.6. The van der Waals surface area contributed by atoms with Crippen LogP contribution in [0.15, 0.2) is 41.3 Å². The van der Waals surface area contributed by atoms with E-state index in [-0.39, 0.29) is 46.1 Å². The number of carbonyl (C=O) groups excluding carboxylic acids is 3. The Bertz CT molecular complexity index is 1400. The van der Waals surface area contributed by atoms with Crippen molar-refractivity contribution in [3.63, 3.8) is 0 Å². The van der Waals surface area contributed by atoms with E-state index >= 15 is 0 Å². The summed E-state index contributed by atoms with van der Waals surface area (Å²) >= 11 is 0. The number of benzene rings is 2. The van der Waals surface area contributed by atoms with Crippen LogP contribution in [0.4, 0.5) is 0 Å². The molecular weight excluding hydrogens is 466 g/mol. The third-order valence-corrected chi connectivity index (χ3v) is 6.79. The van der Waals surface area contributed by atoms with Gasteiger partial charge in [-0.1, -0.05) is 12.1 Å². The molecule has 2 aliphatic rings. The lowest BCUT2D eigenvalue weighted by molar-refractivity contribution is -0.123. The molecular formula is C27H27NO8. The van der Waals surface area contributed by atoms with Crippen molar-refractivity contribution in [2.24, 2.45) is 0 Å². The lowest BCUT2D eigenvalue weighted by Crippen LogP contribution is -2.41. The molecule has 1 aliphatic carbocycles. The Balaban J connectivity index is 1.80. The predicted octanol–water partition coefficient (Wildman–Crippen LogP) is 3.38. The second-order valence-electron chi connectivity index (χ2n) is 8.89. The maximum absolute atomic E-state index is 13.9. The molecule has 1 aliphatic heterocycles. The number of rotatable bonds is 6. The van der Waals surface area contributed by atoms with Crippen LogP contribution in [0.5, 0.6) is 28.7 Å². The van der Waals surface area contributed by atoms with E-state index in [2.05, 4.69) is 5.32 Å². The third kappa shape index (κ3) is 3.42. The molecule has 0 amide bonds. The van der Waals surface area contributed by atoms with Gasteiger partial charge in [-0.25, -0.2) is 0 Å². The summed E-state index contributed by atoms with van der Waals surface area (Å²) in [4.78, 5) is 39.2. The Kier molecular flexibility index (Phi) is 6.03. The number of para-hydroxylation sites is 1. The Morgan fingerprint density at radius 1 is 1.11 bits per heavy atom. The number of phenols is 2. The van der Waals surface area contributed by atoms with Crippen LogP contribution >= 0.6 is 0 Å². The second-order valence-corrected chi connectivity index (χ2v) is 8.89. The van der Waals surface area contributed by atoms with Crippen molar-refractivity contribution in [1.82, 2.24) is 5.32 Å². The maximum atomic E-state index is 13.9. The number of fused-ring (bicyclic) bond motifs is 3. The highest BCUT2D eigenvalue weighted by Crippen LogP contribution is 2.57. The molecule has 188 valence electrons. The molecule has 0 aromatic heterocycles. The Morgan fingerprint density at radius 3 is 2.42 bits per heavy atom. The normalized spacial score (nSPS) is 19.7. The van der Waals surface area contributed by atoms with Crippen molar-refractivity contribution in [3.05, 3.63) is 63.6 Å². The van der Waals surface area contributed by atoms with Crippen molar-refractivity contribution >= 4 is 17.3 Å². The zero-order valence-corrected chi connectivity index (χ0v) is 20.9. The number of phenolic OH excluding ortho intramolecular Hbond substituents is 2. The van der Waals surface area contributed by atoms with Crippen molar-refractivity contribution in [2.75, 3.05) is 14.2 Å². The van der Waals surface area contributed by atoms with E-state index in [1.54, 1.807) is 19.1 Å². The van der Waals surface area contributed by atoms with Crippen LogP contribution in [0.3, 0.4) is 0 Å². The van der Waals surface area contributed by atoms with Gasteiger partial charge in [-0.3, -0.25) is 14.4 Å². The highest BCUT2D eigenvalue weighted by molar-refractivity contribution is 6.31. The number of methoxy groups -OCH3 is 2. The van der Waals surface area contributed by atoms with Crippen molar-refractivity contribution in [2.45, 2.75) is 39.7 Å². The molecule has 0 radical (unpaired) electrons. The van der Waals surface area contributed by atoms with Gasteiger partial charge >= 0.3 is 0 Å². The fraction of sp³-hybridized carbons (Fsp3) is 0.296. The van der Waals surface area contributed by atoms with Gasteiger partial charge in [0, 0.05) is 29.4 Å². The average Bonchev–Trinajstić information content (AvgIpc) is 3.13. The number of hydrogen-bond acceptors (Lipinski definition) is 9. The molecule has 0 bridgehead atoms. The van der Waals surface area contributed by atoms with E-state index in [4.69, 9.17) is 14.2 Å². The summed E-state index contributed by atoms with van der Waals surface area (Å²) in [5.41, 5.74) is -0.661. The second kappa shape index (κ2) is 8.75. The quantitative estimate of drug-likeness (QED) is 0.315. The fourth-order valence-corrected chi connectivity index (χ4v) is 4.77. The summed E-state index contributed by atoms with van der Waals surface area (Å²) in [6.07, 6.45) is 1.18. The first-order chi connectivity index (χ1) is 17.0. The maximum Gasteiger partial charge on any atom is 0.194 e. The molecule has 0 unspecified atom stereocenters. The summed E-state index contributed by atoms with van der Waals surface area (Å²) in [5.74, 6) is -1.54. The Hall–Kier alpha value is -4.27. The van der Waals surface area contributed by atoms with E-state index in [1.165, 1.54) is 41.1 Å². The van der Waals surface area contributed by atoms with E-state index in [0.29, 0.717) is 17.2 Å². The standard InChI is InChI=1S/C27H27NO8/c1-12-22(31)20(14(3)29)25-21(23(12)32)27(4)18(36-25)10-16(30)19(26(27)33)13(2)28-11-15-8-7-9-17(34-5)24(15)35-6/h7-10,28,31-32H,11H2,1-6H3/t27-/m0/s1. The molecule has 2 aromatic rings. The zero-order chi connectivity index (χ0) is 26.5. The molecule has 36 heavy (non-hydrogen) atoms. The minimum Gasteiger partial charge on any atom is -0.507 e. The lowest BCUT2D eigenvalue weighted by atomic mass is 9.70. The Morgan fingerprint density at radius 2 is 1.81 bits per heavy atom. The van der Waals surface area contributed by atoms with Gasteiger partial charge in [-0.2, -0.15) is 0 Å². The highest BCUT2D eigenvalue weighted by Gasteiger charge is 2.56. The van der Waals surface area contributed by atoms with Crippen molar-refractivity contribution in [3.8, 4) is 28.7 Å². The SMILES string of the molecule is COc1cccc(CNC(C)=C2C(=O)C=C3Oc4c(C(C)=O)c(O)c(C)c(O)c4[C@@]3(C)C2=O)c1OC. The summed E-state index contributed by atoms with van der Waals surface area (Å²) in [6, 6.07) is 5.38. The first kappa shape index (κ1) is 24.8. The smallest absolute Gasteiger partial charge is 0.194 e. The van der Waals surface area contributed by atoms with E-state index in [1.807, 2.05) is 6.07 Å². The number of allylic oxidation sites excluding steroid dienone is 4. The number of ether oxygens (including phenoxy) is 3. The van der Waals surface area contributed by atoms with Crippen LogP contribution in [-0.4, -0.2) is 41.8 Å². The molecule has 1 atom stereocenters. The minimum atomic E-state index is -1.57. The molecule has 3 N–H and O–H groups in total. The van der Waals surface area contributed by atoms with Gasteiger partial charge in [0.05, 0.1) is 25.4 Å². The first-order valence-electron chi connectivity index (χ1n) is 11.2. The first-order valence-corrected chi connectivity index (χ1v) is 11.2.